The van der Waals surface area contributed by atoms with E-state index in [0.29, 0.717) is 0 Å². The van der Waals surface area contributed by atoms with Crippen molar-refractivity contribution in [1.82, 2.24) is 9.55 Å². The fourth-order valence-corrected chi connectivity index (χ4v) is 2.05. The zero-order chi connectivity index (χ0) is 11.9. The van der Waals surface area contributed by atoms with Gasteiger partial charge in [0.15, 0.2) is 0 Å². The van der Waals surface area contributed by atoms with Crippen molar-refractivity contribution in [2.45, 2.75) is 40.3 Å². The van der Waals surface area contributed by atoms with Crippen molar-refractivity contribution in [3.8, 4) is 0 Å². The maximum Gasteiger partial charge on any atom is 0.138 e. The van der Waals surface area contributed by atoms with Gasteiger partial charge in [-0.05, 0) is 51.0 Å². The fraction of sp³-hybridized carbons (Fsp3) is 0.462. The van der Waals surface area contributed by atoms with E-state index in [0.717, 1.165) is 23.4 Å². The number of nitrogens with zero attached hydrogens (tertiary/aromatic N) is 2. The largest absolute Gasteiger partial charge is 0.385 e. The molecule has 1 N–H and O–H groups in total. The Morgan fingerprint density at radius 1 is 1.31 bits per heavy atom. The monoisotopic (exact) mass is 218 g/mol. The number of aryl methyl sites for hydroxylation is 3. The van der Waals surface area contributed by atoms with Crippen LogP contribution in [0.5, 0.6) is 0 Å². The topological polar surface area (TPSA) is 38.0 Å². The van der Waals surface area contributed by atoms with E-state index in [9.17, 15) is 5.11 Å². The molecular formula is C13H18N2O. The van der Waals surface area contributed by atoms with Crippen LogP contribution < -0.4 is 0 Å². The van der Waals surface area contributed by atoms with Crippen molar-refractivity contribution in [3.05, 3.63) is 29.1 Å². The molecule has 0 aliphatic rings. The molecule has 0 aliphatic heterocycles. The fourth-order valence-electron chi connectivity index (χ4n) is 2.05. The number of fused-ring (bicyclic) bond motifs is 1. The van der Waals surface area contributed by atoms with Crippen LogP contribution in [0.2, 0.25) is 0 Å². The van der Waals surface area contributed by atoms with Gasteiger partial charge in [-0.25, -0.2) is 4.98 Å². The maximum atomic E-state index is 9.69. The lowest BCUT2D eigenvalue weighted by molar-refractivity contribution is 0.184. The Morgan fingerprint density at radius 3 is 2.50 bits per heavy atom. The van der Waals surface area contributed by atoms with Gasteiger partial charge in [-0.15, -0.1) is 0 Å². The predicted octanol–water partition coefficient (Wildman–Crippen LogP) is 2.73. The number of benzene rings is 1. The van der Waals surface area contributed by atoms with Crippen LogP contribution in [-0.2, 0) is 6.54 Å². The summed E-state index contributed by atoms with van der Waals surface area (Å²) in [5, 5.41) is 9.69. The molecule has 0 saturated heterocycles. The Kier molecular flexibility index (Phi) is 2.72. The van der Waals surface area contributed by atoms with Crippen molar-refractivity contribution in [2.24, 2.45) is 0 Å². The smallest absolute Gasteiger partial charge is 0.138 e. The highest BCUT2D eigenvalue weighted by atomic mass is 16.3. The summed E-state index contributed by atoms with van der Waals surface area (Å²) in [7, 11) is 0. The number of aliphatic hydroxyl groups excluding tert-OH is 1. The Bertz CT molecular complexity index is 526. The summed E-state index contributed by atoms with van der Waals surface area (Å²) >= 11 is 0. The van der Waals surface area contributed by atoms with Crippen LogP contribution in [0.3, 0.4) is 0 Å². The van der Waals surface area contributed by atoms with Gasteiger partial charge in [0.25, 0.3) is 0 Å². The molecule has 16 heavy (non-hydrogen) atoms. The standard InChI is InChI=1S/C13H18N2O/c1-5-15-12-7-9(3)8(2)6-11(12)14-13(15)10(4)16/h6-7,10,16H,5H2,1-4H3. The van der Waals surface area contributed by atoms with Crippen LogP contribution in [0.15, 0.2) is 12.1 Å². The molecule has 86 valence electrons. The van der Waals surface area contributed by atoms with Gasteiger partial charge in [0.1, 0.15) is 11.9 Å². The van der Waals surface area contributed by atoms with Crippen LogP contribution in [0.4, 0.5) is 0 Å². The minimum absolute atomic E-state index is 0.520. The predicted molar refractivity (Wildman–Crippen MR) is 65.5 cm³/mol. The zero-order valence-corrected chi connectivity index (χ0v) is 10.3. The van der Waals surface area contributed by atoms with E-state index in [4.69, 9.17) is 0 Å². The van der Waals surface area contributed by atoms with E-state index in [1.54, 1.807) is 6.92 Å². The molecule has 2 aromatic rings. The molecular weight excluding hydrogens is 200 g/mol. The van der Waals surface area contributed by atoms with E-state index in [1.165, 1.54) is 11.1 Å². The van der Waals surface area contributed by atoms with Crippen molar-refractivity contribution < 1.29 is 5.11 Å². The van der Waals surface area contributed by atoms with E-state index >= 15 is 0 Å². The number of aliphatic hydroxyl groups is 1. The van der Waals surface area contributed by atoms with Crippen molar-refractivity contribution in [3.63, 3.8) is 0 Å². The van der Waals surface area contributed by atoms with E-state index in [2.05, 4.69) is 42.5 Å². The Morgan fingerprint density at radius 2 is 1.94 bits per heavy atom. The Hall–Kier alpha value is -1.35. The average Bonchev–Trinajstić information content (AvgIpc) is 2.57. The first-order chi connectivity index (χ1) is 7.54. The van der Waals surface area contributed by atoms with Gasteiger partial charge < -0.3 is 9.67 Å². The van der Waals surface area contributed by atoms with E-state index < -0.39 is 6.10 Å². The second-order valence-corrected chi connectivity index (χ2v) is 4.32. The number of hydrogen-bond acceptors (Lipinski definition) is 2. The summed E-state index contributed by atoms with van der Waals surface area (Å²) in [6.07, 6.45) is -0.520. The number of aromatic nitrogens is 2. The molecule has 2 rings (SSSR count). The Labute approximate surface area is 95.7 Å². The van der Waals surface area contributed by atoms with Gasteiger partial charge in [0.05, 0.1) is 11.0 Å². The third kappa shape index (κ3) is 1.61. The normalized spacial score (nSPS) is 13.3. The zero-order valence-electron chi connectivity index (χ0n) is 10.3. The first kappa shape index (κ1) is 11.1. The van der Waals surface area contributed by atoms with Crippen LogP contribution in [0.25, 0.3) is 11.0 Å². The molecule has 1 atom stereocenters. The molecule has 0 amide bonds. The van der Waals surface area contributed by atoms with Gasteiger partial charge >= 0.3 is 0 Å². The van der Waals surface area contributed by atoms with Gasteiger partial charge in [0.2, 0.25) is 0 Å². The maximum absolute atomic E-state index is 9.69. The lowest BCUT2D eigenvalue weighted by atomic mass is 10.1. The molecule has 0 spiro atoms. The van der Waals surface area contributed by atoms with Crippen LogP contribution in [-0.4, -0.2) is 14.7 Å². The third-order valence-electron chi connectivity index (χ3n) is 3.08. The third-order valence-corrected chi connectivity index (χ3v) is 3.08. The van der Waals surface area contributed by atoms with Crippen molar-refractivity contribution >= 4 is 11.0 Å². The van der Waals surface area contributed by atoms with E-state index in [1.807, 2.05) is 0 Å². The van der Waals surface area contributed by atoms with Crippen LogP contribution >= 0.6 is 0 Å². The lowest BCUT2D eigenvalue weighted by Crippen LogP contribution is -2.04. The summed E-state index contributed by atoms with van der Waals surface area (Å²) < 4.78 is 2.08. The summed E-state index contributed by atoms with van der Waals surface area (Å²) in [6, 6.07) is 4.23. The molecule has 0 radical (unpaired) electrons. The number of hydrogen-bond donors (Lipinski definition) is 1. The second-order valence-electron chi connectivity index (χ2n) is 4.32. The summed E-state index contributed by atoms with van der Waals surface area (Å²) in [5.41, 5.74) is 4.59. The highest BCUT2D eigenvalue weighted by Gasteiger charge is 2.14. The van der Waals surface area contributed by atoms with Crippen LogP contribution in [0.1, 0.15) is 36.9 Å². The lowest BCUT2D eigenvalue weighted by Gasteiger charge is -2.08. The highest BCUT2D eigenvalue weighted by molar-refractivity contribution is 5.78. The minimum Gasteiger partial charge on any atom is -0.385 e. The van der Waals surface area contributed by atoms with Crippen molar-refractivity contribution in [2.75, 3.05) is 0 Å². The molecule has 1 aromatic heterocycles. The summed E-state index contributed by atoms with van der Waals surface area (Å²) in [4.78, 5) is 4.50. The van der Waals surface area contributed by atoms with Crippen molar-refractivity contribution in [1.29, 1.82) is 0 Å². The van der Waals surface area contributed by atoms with Gasteiger partial charge in [0, 0.05) is 6.54 Å². The molecule has 0 fully saturated rings. The molecule has 3 nitrogen and oxygen atoms in total. The molecule has 1 aromatic carbocycles. The molecule has 0 saturated carbocycles. The number of rotatable bonds is 2. The molecule has 1 unspecified atom stereocenters. The molecule has 1 heterocycles. The van der Waals surface area contributed by atoms with Gasteiger partial charge in [-0.1, -0.05) is 0 Å². The first-order valence-corrected chi connectivity index (χ1v) is 5.70. The molecule has 3 heteroatoms. The average molecular weight is 218 g/mol. The minimum atomic E-state index is -0.520. The van der Waals surface area contributed by atoms with Crippen LogP contribution in [0, 0.1) is 13.8 Å². The molecule has 0 aliphatic carbocycles. The summed E-state index contributed by atoms with van der Waals surface area (Å²) in [5.74, 6) is 0.752. The Balaban J connectivity index is 2.77. The SMILES string of the molecule is CCn1c(C(C)O)nc2cc(C)c(C)cc21. The quantitative estimate of drug-likeness (QED) is 0.841. The second kappa shape index (κ2) is 3.91. The van der Waals surface area contributed by atoms with Gasteiger partial charge in [-0.2, -0.15) is 0 Å². The van der Waals surface area contributed by atoms with Gasteiger partial charge in [-0.3, -0.25) is 0 Å². The highest BCUT2D eigenvalue weighted by Crippen LogP contribution is 2.23. The number of imidazole rings is 1. The summed E-state index contributed by atoms with van der Waals surface area (Å²) in [6.45, 7) is 8.85. The first-order valence-electron chi connectivity index (χ1n) is 5.70. The van der Waals surface area contributed by atoms with E-state index in [-0.39, 0.29) is 0 Å². The molecule has 0 bridgehead atoms.